The van der Waals surface area contributed by atoms with E-state index in [2.05, 4.69) is 4.98 Å². The monoisotopic (exact) mass is 206 g/mol. The molecule has 4 nitrogen and oxygen atoms in total. The van der Waals surface area contributed by atoms with Crippen LogP contribution in [0.4, 0.5) is 5.69 Å². The zero-order chi connectivity index (χ0) is 10.8. The van der Waals surface area contributed by atoms with Crippen LogP contribution in [0.15, 0.2) is 18.3 Å². The van der Waals surface area contributed by atoms with Crippen molar-refractivity contribution in [1.29, 1.82) is 0 Å². The number of hydrogen-bond acceptors (Lipinski definition) is 3. The summed E-state index contributed by atoms with van der Waals surface area (Å²) in [7, 11) is 0. The van der Waals surface area contributed by atoms with Gasteiger partial charge >= 0.3 is 0 Å². The zero-order valence-electron chi connectivity index (χ0n) is 8.68. The first-order chi connectivity index (χ1) is 7.20. The normalized spacial score (nSPS) is 21.1. The Labute approximate surface area is 88.6 Å². The van der Waals surface area contributed by atoms with E-state index in [1.807, 2.05) is 19.1 Å². The molecule has 1 aliphatic heterocycles. The lowest BCUT2D eigenvalue weighted by molar-refractivity contribution is -0.117. The maximum atomic E-state index is 11.6. The van der Waals surface area contributed by atoms with Crippen LogP contribution in [0.3, 0.4) is 0 Å². The summed E-state index contributed by atoms with van der Waals surface area (Å²) in [6, 6.07) is 3.77. The SMILES string of the molecule is Cc1ccc(N2CC(CO)CC2=O)cn1. The second-order valence-electron chi connectivity index (χ2n) is 3.91. The van der Waals surface area contributed by atoms with Gasteiger partial charge in [-0.1, -0.05) is 0 Å². The Kier molecular flexibility index (Phi) is 2.68. The molecule has 0 spiro atoms. The maximum Gasteiger partial charge on any atom is 0.227 e. The third-order valence-electron chi connectivity index (χ3n) is 2.67. The topological polar surface area (TPSA) is 53.4 Å². The molecule has 0 aliphatic carbocycles. The molecule has 1 amide bonds. The minimum absolute atomic E-state index is 0.0683. The van der Waals surface area contributed by atoms with Gasteiger partial charge in [0.15, 0.2) is 0 Å². The highest BCUT2D eigenvalue weighted by Gasteiger charge is 2.29. The van der Waals surface area contributed by atoms with Crippen LogP contribution in [-0.4, -0.2) is 29.1 Å². The molecule has 0 saturated carbocycles. The molecule has 0 bridgehead atoms. The van der Waals surface area contributed by atoms with Crippen molar-refractivity contribution in [3.05, 3.63) is 24.0 Å². The van der Waals surface area contributed by atoms with Crippen LogP contribution >= 0.6 is 0 Å². The number of aliphatic hydroxyl groups excluding tert-OH is 1. The van der Waals surface area contributed by atoms with Crippen LogP contribution in [0.1, 0.15) is 12.1 Å². The minimum atomic E-state index is 0.0683. The molecular formula is C11H14N2O2. The second kappa shape index (κ2) is 3.98. The van der Waals surface area contributed by atoms with E-state index in [1.54, 1.807) is 11.1 Å². The molecule has 80 valence electrons. The summed E-state index contributed by atoms with van der Waals surface area (Å²) >= 11 is 0. The Hall–Kier alpha value is -1.42. The van der Waals surface area contributed by atoms with Gasteiger partial charge in [0.1, 0.15) is 0 Å². The van der Waals surface area contributed by atoms with Gasteiger partial charge in [-0.05, 0) is 19.1 Å². The molecule has 1 aromatic heterocycles. The second-order valence-corrected chi connectivity index (χ2v) is 3.91. The quantitative estimate of drug-likeness (QED) is 0.776. The van der Waals surface area contributed by atoms with E-state index in [9.17, 15) is 4.79 Å². The van der Waals surface area contributed by atoms with Crippen LogP contribution < -0.4 is 4.90 Å². The molecule has 1 fully saturated rings. The average molecular weight is 206 g/mol. The summed E-state index contributed by atoms with van der Waals surface area (Å²) < 4.78 is 0. The van der Waals surface area contributed by atoms with E-state index in [-0.39, 0.29) is 18.4 Å². The lowest BCUT2D eigenvalue weighted by atomic mass is 10.1. The molecule has 1 saturated heterocycles. The smallest absolute Gasteiger partial charge is 0.227 e. The molecule has 1 N–H and O–H groups in total. The van der Waals surface area contributed by atoms with E-state index in [1.165, 1.54) is 0 Å². The molecule has 15 heavy (non-hydrogen) atoms. The first-order valence-corrected chi connectivity index (χ1v) is 5.04. The highest BCUT2D eigenvalue weighted by molar-refractivity contribution is 5.95. The molecule has 4 heteroatoms. The summed E-state index contributed by atoms with van der Waals surface area (Å²) in [5.74, 6) is 0.138. The van der Waals surface area contributed by atoms with Crippen molar-refractivity contribution in [1.82, 2.24) is 4.98 Å². The number of rotatable bonds is 2. The fourth-order valence-corrected chi connectivity index (χ4v) is 1.77. The van der Waals surface area contributed by atoms with Gasteiger partial charge in [0.25, 0.3) is 0 Å². The fourth-order valence-electron chi connectivity index (χ4n) is 1.77. The average Bonchev–Trinajstić information content (AvgIpc) is 2.61. The van der Waals surface area contributed by atoms with Crippen LogP contribution in [0.25, 0.3) is 0 Å². The van der Waals surface area contributed by atoms with Gasteiger partial charge in [0.05, 0.1) is 11.9 Å². The van der Waals surface area contributed by atoms with Gasteiger partial charge in [-0.2, -0.15) is 0 Å². The number of nitrogens with zero attached hydrogens (tertiary/aromatic N) is 2. The summed E-state index contributed by atoms with van der Waals surface area (Å²) in [4.78, 5) is 17.5. The van der Waals surface area contributed by atoms with Crippen LogP contribution in [0.2, 0.25) is 0 Å². The molecule has 1 aliphatic rings. The number of carbonyl (C=O) groups is 1. The van der Waals surface area contributed by atoms with Gasteiger partial charge in [-0.3, -0.25) is 9.78 Å². The Morgan fingerprint density at radius 3 is 2.93 bits per heavy atom. The molecule has 2 heterocycles. The molecule has 2 rings (SSSR count). The Bertz CT molecular complexity index is 361. The summed E-state index contributed by atoms with van der Waals surface area (Å²) in [5, 5.41) is 9.00. The van der Waals surface area contributed by atoms with Gasteiger partial charge in [-0.15, -0.1) is 0 Å². The van der Waals surface area contributed by atoms with Gasteiger partial charge in [0, 0.05) is 31.2 Å². The first-order valence-electron chi connectivity index (χ1n) is 5.04. The van der Waals surface area contributed by atoms with Gasteiger partial charge < -0.3 is 10.0 Å². The number of aromatic nitrogens is 1. The maximum absolute atomic E-state index is 11.6. The lowest BCUT2D eigenvalue weighted by Crippen LogP contribution is -2.24. The predicted octanol–water partition coefficient (Wildman–Crippen LogP) is 0.735. The number of anilines is 1. The van der Waals surface area contributed by atoms with Crippen molar-refractivity contribution in [3.63, 3.8) is 0 Å². The van der Waals surface area contributed by atoms with Gasteiger partial charge in [-0.25, -0.2) is 0 Å². The Morgan fingerprint density at radius 2 is 2.40 bits per heavy atom. The van der Waals surface area contributed by atoms with Crippen molar-refractivity contribution in [2.24, 2.45) is 5.92 Å². The highest BCUT2D eigenvalue weighted by Crippen LogP contribution is 2.23. The predicted molar refractivity (Wildman–Crippen MR) is 56.5 cm³/mol. The van der Waals surface area contributed by atoms with E-state index >= 15 is 0 Å². The van der Waals surface area contributed by atoms with Gasteiger partial charge in [0.2, 0.25) is 5.91 Å². The number of pyridine rings is 1. The van der Waals surface area contributed by atoms with Crippen LogP contribution in [-0.2, 0) is 4.79 Å². The summed E-state index contributed by atoms with van der Waals surface area (Å²) in [5.41, 5.74) is 1.76. The Balaban J connectivity index is 2.18. The van der Waals surface area contributed by atoms with Crippen molar-refractivity contribution in [3.8, 4) is 0 Å². The summed E-state index contributed by atoms with van der Waals surface area (Å²) in [6.45, 7) is 2.58. The van der Waals surface area contributed by atoms with Crippen molar-refractivity contribution < 1.29 is 9.90 Å². The minimum Gasteiger partial charge on any atom is -0.396 e. The molecule has 1 atom stereocenters. The number of aryl methyl sites for hydroxylation is 1. The number of amides is 1. The molecular weight excluding hydrogens is 192 g/mol. The lowest BCUT2D eigenvalue weighted by Gasteiger charge is -2.15. The third-order valence-corrected chi connectivity index (χ3v) is 2.67. The molecule has 0 radical (unpaired) electrons. The number of hydrogen-bond donors (Lipinski definition) is 1. The van der Waals surface area contributed by atoms with Crippen molar-refractivity contribution in [2.45, 2.75) is 13.3 Å². The number of carbonyl (C=O) groups excluding carboxylic acids is 1. The molecule has 1 unspecified atom stereocenters. The van der Waals surface area contributed by atoms with E-state index < -0.39 is 0 Å². The Morgan fingerprint density at radius 1 is 1.60 bits per heavy atom. The van der Waals surface area contributed by atoms with E-state index in [4.69, 9.17) is 5.11 Å². The third kappa shape index (κ3) is 1.99. The van der Waals surface area contributed by atoms with Crippen LogP contribution in [0, 0.1) is 12.8 Å². The van der Waals surface area contributed by atoms with Crippen molar-refractivity contribution >= 4 is 11.6 Å². The first kappa shape index (κ1) is 10.1. The van der Waals surface area contributed by atoms with Crippen LogP contribution in [0.5, 0.6) is 0 Å². The number of aliphatic hydroxyl groups is 1. The molecule has 0 aromatic carbocycles. The largest absolute Gasteiger partial charge is 0.396 e. The fraction of sp³-hybridized carbons (Fsp3) is 0.455. The van der Waals surface area contributed by atoms with Crippen molar-refractivity contribution in [2.75, 3.05) is 18.1 Å². The molecule has 1 aromatic rings. The summed E-state index contributed by atoms with van der Waals surface area (Å²) in [6.07, 6.45) is 2.14. The zero-order valence-corrected chi connectivity index (χ0v) is 8.68. The highest BCUT2D eigenvalue weighted by atomic mass is 16.3. The van der Waals surface area contributed by atoms with E-state index in [0.29, 0.717) is 13.0 Å². The standard InChI is InChI=1S/C11H14N2O2/c1-8-2-3-10(5-12-8)13-6-9(7-14)4-11(13)15/h2-3,5,9,14H,4,6-7H2,1H3. The van der Waals surface area contributed by atoms with E-state index in [0.717, 1.165) is 11.4 Å².